The van der Waals surface area contributed by atoms with Gasteiger partial charge < -0.3 is 15.8 Å². The molecule has 1 fully saturated rings. The fourth-order valence-corrected chi connectivity index (χ4v) is 2.07. The van der Waals surface area contributed by atoms with Gasteiger partial charge in [-0.3, -0.25) is 4.90 Å². The maximum atomic E-state index is 6.00. The molecule has 3 N–H and O–H groups in total. The standard InChI is InChI=1S/C11H18ClN5O/c1-2-17-3-4-18-8(6-17)5-14-11-9(12)10(13)15-7-16-11/h7-8H,2-6H2,1H3,(H3,13,14,15,16). The Morgan fingerprint density at radius 3 is 3.22 bits per heavy atom. The van der Waals surface area contributed by atoms with E-state index < -0.39 is 0 Å². The van der Waals surface area contributed by atoms with Crippen molar-refractivity contribution in [1.29, 1.82) is 0 Å². The number of morpholine rings is 1. The highest BCUT2D eigenvalue weighted by Gasteiger charge is 2.19. The van der Waals surface area contributed by atoms with Crippen LogP contribution in [0.3, 0.4) is 0 Å². The lowest BCUT2D eigenvalue weighted by Crippen LogP contribution is -2.45. The molecular formula is C11H18ClN5O. The molecule has 100 valence electrons. The molecule has 0 saturated carbocycles. The quantitative estimate of drug-likeness (QED) is 0.845. The van der Waals surface area contributed by atoms with Crippen molar-refractivity contribution < 1.29 is 4.74 Å². The summed E-state index contributed by atoms with van der Waals surface area (Å²) in [5, 5.41) is 3.52. The van der Waals surface area contributed by atoms with Crippen LogP contribution in [0, 0.1) is 0 Å². The van der Waals surface area contributed by atoms with Gasteiger partial charge in [-0.2, -0.15) is 0 Å². The number of nitrogens with two attached hydrogens (primary N) is 1. The van der Waals surface area contributed by atoms with Gasteiger partial charge in [0.2, 0.25) is 0 Å². The molecule has 18 heavy (non-hydrogen) atoms. The first kappa shape index (κ1) is 13.3. The molecule has 1 aromatic heterocycles. The predicted octanol–water partition coefficient (Wildman–Crippen LogP) is 0.845. The summed E-state index contributed by atoms with van der Waals surface area (Å²) in [6.45, 7) is 6.53. The van der Waals surface area contributed by atoms with E-state index in [4.69, 9.17) is 22.1 Å². The summed E-state index contributed by atoms with van der Waals surface area (Å²) in [5.41, 5.74) is 5.61. The molecule has 1 unspecified atom stereocenters. The summed E-state index contributed by atoms with van der Waals surface area (Å²) in [6, 6.07) is 0. The predicted molar refractivity (Wildman–Crippen MR) is 71.8 cm³/mol. The van der Waals surface area contributed by atoms with Crippen molar-refractivity contribution in [3.63, 3.8) is 0 Å². The third-order valence-electron chi connectivity index (χ3n) is 2.98. The number of nitrogen functional groups attached to an aromatic ring is 1. The summed E-state index contributed by atoms with van der Waals surface area (Å²) >= 11 is 6.00. The number of ether oxygens (including phenoxy) is 1. The SMILES string of the molecule is CCN1CCOC(CNc2ncnc(N)c2Cl)C1. The van der Waals surface area contributed by atoms with Gasteiger partial charge in [0.1, 0.15) is 17.2 Å². The maximum Gasteiger partial charge on any atom is 0.150 e. The molecule has 6 nitrogen and oxygen atoms in total. The average molecular weight is 272 g/mol. The van der Waals surface area contributed by atoms with E-state index in [1.165, 1.54) is 6.33 Å². The van der Waals surface area contributed by atoms with Crippen LogP contribution in [0.5, 0.6) is 0 Å². The van der Waals surface area contributed by atoms with Gasteiger partial charge in [-0.1, -0.05) is 18.5 Å². The summed E-state index contributed by atoms with van der Waals surface area (Å²) in [5.74, 6) is 0.843. The molecule has 1 aliphatic rings. The summed E-state index contributed by atoms with van der Waals surface area (Å²) in [4.78, 5) is 10.2. The largest absolute Gasteiger partial charge is 0.382 e. The zero-order valence-corrected chi connectivity index (χ0v) is 11.2. The maximum absolute atomic E-state index is 6.00. The summed E-state index contributed by atoms with van der Waals surface area (Å²) < 4.78 is 5.68. The smallest absolute Gasteiger partial charge is 0.150 e. The highest BCUT2D eigenvalue weighted by atomic mass is 35.5. The number of nitrogens with one attached hydrogen (secondary N) is 1. The number of aromatic nitrogens is 2. The topological polar surface area (TPSA) is 76.3 Å². The Hall–Kier alpha value is -1.11. The van der Waals surface area contributed by atoms with E-state index in [0.29, 0.717) is 17.4 Å². The third-order valence-corrected chi connectivity index (χ3v) is 3.36. The monoisotopic (exact) mass is 271 g/mol. The van der Waals surface area contributed by atoms with E-state index in [0.717, 1.165) is 26.2 Å². The Balaban J connectivity index is 1.89. The molecule has 0 aromatic carbocycles. The number of hydrogen-bond donors (Lipinski definition) is 2. The fourth-order valence-electron chi connectivity index (χ4n) is 1.91. The second-order valence-corrected chi connectivity index (χ2v) is 4.57. The van der Waals surface area contributed by atoms with Crippen molar-refractivity contribution >= 4 is 23.2 Å². The van der Waals surface area contributed by atoms with E-state index in [1.807, 2.05) is 0 Å². The zero-order chi connectivity index (χ0) is 13.0. The van der Waals surface area contributed by atoms with Crippen LogP contribution in [-0.2, 0) is 4.74 Å². The molecule has 1 aromatic rings. The van der Waals surface area contributed by atoms with Crippen molar-refractivity contribution in [3.05, 3.63) is 11.3 Å². The lowest BCUT2D eigenvalue weighted by atomic mass is 10.2. The van der Waals surface area contributed by atoms with Crippen LogP contribution in [-0.4, -0.2) is 53.8 Å². The van der Waals surface area contributed by atoms with Crippen molar-refractivity contribution in [2.75, 3.05) is 43.8 Å². The molecular weight excluding hydrogens is 254 g/mol. The summed E-state index contributed by atoms with van der Waals surface area (Å²) in [7, 11) is 0. The van der Waals surface area contributed by atoms with E-state index >= 15 is 0 Å². The van der Waals surface area contributed by atoms with Gasteiger partial charge in [0.05, 0.1) is 12.7 Å². The molecule has 0 bridgehead atoms. The minimum Gasteiger partial charge on any atom is -0.382 e. The number of rotatable bonds is 4. The Morgan fingerprint density at radius 1 is 1.61 bits per heavy atom. The van der Waals surface area contributed by atoms with Gasteiger partial charge in [-0.15, -0.1) is 0 Å². The number of anilines is 2. The van der Waals surface area contributed by atoms with Crippen LogP contribution >= 0.6 is 11.6 Å². The van der Waals surface area contributed by atoms with Crippen LogP contribution in [0.25, 0.3) is 0 Å². The van der Waals surface area contributed by atoms with Crippen molar-refractivity contribution in [3.8, 4) is 0 Å². The number of likely N-dealkylation sites (N-methyl/N-ethyl adjacent to an activating group) is 1. The van der Waals surface area contributed by atoms with E-state index in [2.05, 4.69) is 27.1 Å². The van der Waals surface area contributed by atoms with Crippen LogP contribution in [0.15, 0.2) is 6.33 Å². The fraction of sp³-hybridized carbons (Fsp3) is 0.636. The van der Waals surface area contributed by atoms with Crippen LogP contribution < -0.4 is 11.1 Å². The normalized spacial score (nSPS) is 20.9. The first-order chi connectivity index (χ1) is 8.70. The Kier molecular flexibility index (Phi) is 4.57. The van der Waals surface area contributed by atoms with E-state index in [9.17, 15) is 0 Å². The number of hydrogen-bond acceptors (Lipinski definition) is 6. The summed E-state index contributed by atoms with van der Waals surface area (Å²) in [6.07, 6.45) is 1.54. The molecule has 2 heterocycles. The minimum atomic E-state index is 0.144. The van der Waals surface area contributed by atoms with Crippen molar-refractivity contribution in [2.45, 2.75) is 13.0 Å². The lowest BCUT2D eigenvalue weighted by molar-refractivity contribution is -0.0192. The molecule has 0 amide bonds. The molecule has 7 heteroatoms. The Bertz CT molecular complexity index is 403. The zero-order valence-electron chi connectivity index (χ0n) is 10.4. The van der Waals surface area contributed by atoms with Gasteiger partial charge in [-0.25, -0.2) is 9.97 Å². The van der Waals surface area contributed by atoms with E-state index in [-0.39, 0.29) is 11.9 Å². The lowest BCUT2D eigenvalue weighted by Gasteiger charge is -2.32. The van der Waals surface area contributed by atoms with Crippen molar-refractivity contribution in [2.24, 2.45) is 0 Å². The van der Waals surface area contributed by atoms with Crippen molar-refractivity contribution in [1.82, 2.24) is 14.9 Å². The molecule has 0 aliphatic carbocycles. The second kappa shape index (κ2) is 6.17. The van der Waals surface area contributed by atoms with Gasteiger partial charge in [-0.05, 0) is 6.54 Å². The van der Waals surface area contributed by atoms with Crippen LogP contribution in [0.1, 0.15) is 6.92 Å². The highest BCUT2D eigenvalue weighted by molar-refractivity contribution is 6.35. The molecule has 0 radical (unpaired) electrons. The molecule has 2 rings (SSSR count). The number of halogens is 1. The average Bonchev–Trinajstić information content (AvgIpc) is 2.41. The van der Waals surface area contributed by atoms with Gasteiger partial charge >= 0.3 is 0 Å². The Morgan fingerprint density at radius 2 is 2.44 bits per heavy atom. The Labute approximate surface area is 111 Å². The highest BCUT2D eigenvalue weighted by Crippen LogP contribution is 2.23. The first-order valence-electron chi connectivity index (χ1n) is 6.04. The molecule has 1 saturated heterocycles. The number of nitrogens with zero attached hydrogens (tertiary/aromatic N) is 3. The van der Waals surface area contributed by atoms with Gasteiger partial charge in [0.25, 0.3) is 0 Å². The minimum absolute atomic E-state index is 0.144. The van der Waals surface area contributed by atoms with E-state index in [1.54, 1.807) is 0 Å². The van der Waals surface area contributed by atoms with Gasteiger partial charge in [0.15, 0.2) is 5.82 Å². The van der Waals surface area contributed by atoms with Gasteiger partial charge in [0, 0.05) is 19.6 Å². The third kappa shape index (κ3) is 3.22. The molecule has 1 aliphatic heterocycles. The van der Waals surface area contributed by atoms with Crippen LogP contribution in [0.4, 0.5) is 11.6 Å². The van der Waals surface area contributed by atoms with Crippen LogP contribution in [0.2, 0.25) is 5.02 Å². The first-order valence-corrected chi connectivity index (χ1v) is 6.42. The molecule has 1 atom stereocenters. The molecule has 0 spiro atoms. The second-order valence-electron chi connectivity index (χ2n) is 4.19.